The molecule has 0 aliphatic heterocycles. The third-order valence-corrected chi connectivity index (χ3v) is 2.75. The van der Waals surface area contributed by atoms with Gasteiger partial charge in [-0.05, 0) is 35.0 Å². The van der Waals surface area contributed by atoms with E-state index in [2.05, 4.69) is 15.9 Å². The zero-order chi connectivity index (χ0) is 12.8. The van der Waals surface area contributed by atoms with Crippen molar-refractivity contribution in [2.24, 2.45) is 0 Å². The minimum atomic E-state index is -0.494. The number of esters is 1. The van der Waals surface area contributed by atoms with Crippen LogP contribution in [-0.2, 0) is 9.53 Å². The highest BCUT2D eigenvalue weighted by atomic mass is 79.9. The van der Waals surface area contributed by atoms with Crippen LogP contribution in [0.4, 0.5) is 4.39 Å². The second-order valence-corrected chi connectivity index (χ2v) is 4.21. The smallest absolute Gasteiger partial charge is 0.306 e. The Morgan fingerprint density at radius 2 is 2.06 bits per heavy atom. The van der Waals surface area contributed by atoms with Crippen molar-refractivity contribution in [3.8, 4) is 0 Å². The summed E-state index contributed by atoms with van der Waals surface area (Å²) in [6.07, 6.45) is 0.0459. The van der Waals surface area contributed by atoms with Crippen LogP contribution >= 0.6 is 15.9 Å². The molecule has 0 N–H and O–H groups in total. The van der Waals surface area contributed by atoms with Crippen molar-refractivity contribution in [3.63, 3.8) is 0 Å². The molecule has 0 aliphatic carbocycles. The third kappa shape index (κ3) is 4.26. The van der Waals surface area contributed by atoms with Crippen LogP contribution in [0.5, 0.6) is 0 Å². The summed E-state index contributed by atoms with van der Waals surface area (Å²) in [5.74, 6) is -1.19. The van der Waals surface area contributed by atoms with E-state index in [1.165, 1.54) is 12.1 Å². The monoisotopic (exact) mass is 302 g/mol. The summed E-state index contributed by atoms with van der Waals surface area (Å²) in [4.78, 5) is 22.7. The minimum Gasteiger partial charge on any atom is -0.466 e. The molecule has 0 unspecified atom stereocenters. The zero-order valence-corrected chi connectivity index (χ0v) is 10.9. The maximum Gasteiger partial charge on any atom is 0.306 e. The van der Waals surface area contributed by atoms with E-state index in [0.29, 0.717) is 11.1 Å². The van der Waals surface area contributed by atoms with Gasteiger partial charge in [-0.25, -0.2) is 4.39 Å². The third-order valence-electron chi connectivity index (χ3n) is 2.10. The Labute approximate surface area is 107 Å². The van der Waals surface area contributed by atoms with Gasteiger partial charge in [0.05, 0.1) is 17.5 Å². The Morgan fingerprint density at radius 3 is 2.65 bits per heavy atom. The zero-order valence-electron chi connectivity index (χ0n) is 9.33. The summed E-state index contributed by atoms with van der Waals surface area (Å²) in [5.41, 5.74) is 0.259. The van der Waals surface area contributed by atoms with E-state index in [0.717, 1.165) is 6.07 Å². The Bertz CT molecular complexity index is 432. The van der Waals surface area contributed by atoms with Gasteiger partial charge in [0.2, 0.25) is 0 Å². The molecule has 0 saturated heterocycles. The number of carbonyl (C=O) groups is 2. The fourth-order valence-corrected chi connectivity index (χ4v) is 1.51. The number of halogens is 2. The lowest BCUT2D eigenvalue weighted by Gasteiger charge is -2.02. The average Bonchev–Trinajstić information content (AvgIpc) is 2.30. The van der Waals surface area contributed by atoms with Crippen molar-refractivity contribution in [2.45, 2.75) is 19.8 Å². The highest BCUT2D eigenvalue weighted by Gasteiger charge is 2.11. The fourth-order valence-electron chi connectivity index (χ4n) is 1.26. The number of hydrogen-bond acceptors (Lipinski definition) is 3. The topological polar surface area (TPSA) is 43.4 Å². The first-order chi connectivity index (χ1) is 8.04. The highest BCUT2D eigenvalue weighted by molar-refractivity contribution is 9.10. The van der Waals surface area contributed by atoms with Crippen LogP contribution in [-0.4, -0.2) is 18.4 Å². The van der Waals surface area contributed by atoms with Crippen LogP contribution in [0.25, 0.3) is 0 Å². The van der Waals surface area contributed by atoms with E-state index in [1.54, 1.807) is 6.92 Å². The molecule has 0 heterocycles. The molecule has 0 aliphatic rings. The highest BCUT2D eigenvalue weighted by Crippen LogP contribution is 2.17. The second-order valence-electron chi connectivity index (χ2n) is 3.36. The van der Waals surface area contributed by atoms with Crippen molar-refractivity contribution < 1.29 is 18.7 Å². The predicted molar refractivity (Wildman–Crippen MR) is 64.3 cm³/mol. The van der Waals surface area contributed by atoms with E-state index in [1.807, 2.05) is 0 Å². The van der Waals surface area contributed by atoms with Crippen molar-refractivity contribution in [1.82, 2.24) is 0 Å². The lowest BCUT2D eigenvalue weighted by atomic mass is 10.1. The molecule has 0 bridgehead atoms. The number of rotatable bonds is 5. The summed E-state index contributed by atoms with van der Waals surface area (Å²) < 4.78 is 18.2. The Hall–Kier alpha value is -1.23. The van der Waals surface area contributed by atoms with E-state index >= 15 is 0 Å². The first kappa shape index (κ1) is 13.8. The van der Waals surface area contributed by atoms with Crippen LogP contribution in [0, 0.1) is 5.82 Å². The maximum atomic E-state index is 13.2. The quantitative estimate of drug-likeness (QED) is 0.620. The normalized spacial score (nSPS) is 10.1. The first-order valence-corrected chi connectivity index (χ1v) is 5.97. The van der Waals surface area contributed by atoms with Gasteiger partial charge in [0.25, 0.3) is 0 Å². The lowest BCUT2D eigenvalue weighted by molar-refractivity contribution is -0.143. The summed E-state index contributed by atoms with van der Waals surface area (Å²) in [5, 5.41) is 0. The number of ether oxygens (including phenoxy) is 1. The van der Waals surface area contributed by atoms with Crippen LogP contribution in [0.3, 0.4) is 0 Å². The standard InChI is InChI=1S/C12H12BrFO3/c1-2-17-12(16)6-5-11(15)8-3-4-9(13)10(14)7-8/h3-4,7H,2,5-6H2,1H3. The molecule has 3 nitrogen and oxygen atoms in total. The molecule has 1 rings (SSSR count). The summed E-state index contributed by atoms with van der Waals surface area (Å²) in [7, 11) is 0. The van der Waals surface area contributed by atoms with Crippen LogP contribution in [0.1, 0.15) is 30.1 Å². The Kier molecular flexibility index (Phi) is 5.28. The molecule has 0 fully saturated rings. The SMILES string of the molecule is CCOC(=O)CCC(=O)c1ccc(Br)c(F)c1. The maximum absolute atomic E-state index is 13.2. The van der Waals surface area contributed by atoms with Crippen LogP contribution in [0.2, 0.25) is 0 Å². The largest absolute Gasteiger partial charge is 0.466 e. The van der Waals surface area contributed by atoms with Crippen molar-refractivity contribution in [1.29, 1.82) is 0 Å². The number of carbonyl (C=O) groups excluding carboxylic acids is 2. The molecular formula is C12H12BrFO3. The van der Waals surface area contributed by atoms with Gasteiger partial charge in [-0.1, -0.05) is 6.07 Å². The molecule has 1 aromatic carbocycles. The average molecular weight is 303 g/mol. The van der Waals surface area contributed by atoms with E-state index in [9.17, 15) is 14.0 Å². The van der Waals surface area contributed by atoms with Gasteiger partial charge in [0.15, 0.2) is 5.78 Å². The molecular weight excluding hydrogens is 291 g/mol. The van der Waals surface area contributed by atoms with Gasteiger partial charge >= 0.3 is 5.97 Å². The molecule has 0 atom stereocenters. The summed E-state index contributed by atoms with van der Waals surface area (Å²) in [6, 6.07) is 4.13. The molecule has 5 heteroatoms. The molecule has 0 aromatic heterocycles. The lowest BCUT2D eigenvalue weighted by Crippen LogP contribution is -2.08. The van der Waals surface area contributed by atoms with E-state index in [4.69, 9.17) is 4.74 Å². The van der Waals surface area contributed by atoms with Crippen molar-refractivity contribution >= 4 is 27.7 Å². The van der Waals surface area contributed by atoms with Gasteiger partial charge in [-0.2, -0.15) is 0 Å². The summed E-state index contributed by atoms with van der Waals surface area (Å²) in [6.45, 7) is 1.99. The Morgan fingerprint density at radius 1 is 1.35 bits per heavy atom. The van der Waals surface area contributed by atoms with Gasteiger partial charge in [-0.15, -0.1) is 0 Å². The van der Waals surface area contributed by atoms with Crippen LogP contribution < -0.4 is 0 Å². The van der Waals surface area contributed by atoms with Crippen molar-refractivity contribution in [2.75, 3.05) is 6.61 Å². The van der Waals surface area contributed by atoms with Gasteiger partial charge < -0.3 is 4.74 Å². The molecule has 1 aromatic rings. The van der Waals surface area contributed by atoms with Gasteiger partial charge in [0.1, 0.15) is 5.82 Å². The van der Waals surface area contributed by atoms with Crippen molar-refractivity contribution in [3.05, 3.63) is 34.1 Å². The molecule has 0 saturated carbocycles. The second kappa shape index (κ2) is 6.49. The van der Waals surface area contributed by atoms with Crippen LogP contribution in [0.15, 0.2) is 22.7 Å². The number of hydrogen-bond donors (Lipinski definition) is 0. The fraction of sp³-hybridized carbons (Fsp3) is 0.333. The molecule has 92 valence electrons. The molecule has 0 amide bonds. The number of ketones is 1. The van der Waals surface area contributed by atoms with Gasteiger partial charge in [0, 0.05) is 12.0 Å². The number of benzene rings is 1. The molecule has 17 heavy (non-hydrogen) atoms. The molecule has 0 radical (unpaired) electrons. The predicted octanol–water partition coefficient (Wildman–Crippen LogP) is 3.11. The number of Topliss-reactive ketones (excluding diaryl/α,β-unsaturated/α-hetero) is 1. The van der Waals surface area contributed by atoms with E-state index in [-0.39, 0.29) is 24.2 Å². The minimum absolute atomic E-state index is 0.0182. The molecule has 0 spiro atoms. The van der Waals surface area contributed by atoms with E-state index < -0.39 is 11.8 Å². The first-order valence-electron chi connectivity index (χ1n) is 5.18. The van der Waals surface area contributed by atoms with Gasteiger partial charge in [-0.3, -0.25) is 9.59 Å². The summed E-state index contributed by atoms with van der Waals surface area (Å²) >= 11 is 3.00. The Balaban J connectivity index is 2.58.